The molecule has 0 aliphatic rings. The van der Waals surface area contributed by atoms with Crippen LogP contribution < -0.4 is 9.64 Å². The van der Waals surface area contributed by atoms with Gasteiger partial charge in [0.1, 0.15) is 30.1 Å². The van der Waals surface area contributed by atoms with Crippen LogP contribution in [0.4, 0.5) is 10.1 Å². The fourth-order valence-electron chi connectivity index (χ4n) is 2.14. The van der Waals surface area contributed by atoms with Crippen LogP contribution in [0.5, 0.6) is 5.75 Å². The van der Waals surface area contributed by atoms with Crippen LogP contribution in [0.25, 0.3) is 16.7 Å². The first-order valence-electron chi connectivity index (χ1n) is 7.01. The van der Waals surface area contributed by atoms with E-state index in [-0.39, 0.29) is 6.61 Å². The summed E-state index contributed by atoms with van der Waals surface area (Å²) < 4.78 is 17.4. The van der Waals surface area contributed by atoms with E-state index in [1.54, 1.807) is 16.9 Å². The molecule has 0 aliphatic heterocycles. The van der Waals surface area contributed by atoms with Crippen LogP contribution in [0.2, 0.25) is 0 Å². The average Bonchev–Trinajstić information content (AvgIpc) is 2.96. The van der Waals surface area contributed by atoms with Crippen LogP contribution in [-0.2, 0) is 0 Å². The zero-order chi connectivity index (χ0) is 15.5. The van der Waals surface area contributed by atoms with Crippen molar-refractivity contribution in [2.24, 2.45) is 0 Å². The van der Waals surface area contributed by atoms with E-state index in [4.69, 9.17) is 4.74 Å². The molecule has 5 nitrogen and oxygen atoms in total. The Morgan fingerprint density at radius 3 is 2.45 bits per heavy atom. The first-order valence-corrected chi connectivity index (χ1v) is 7.01. The summed E-state index contributed by atoms with van der Waals surface area (Å²) in [6, 6.07) is 13.3. The number of fused-ring (bicyclic) bond motifs is 1. The lowest BCUT2D eigenvalue weighted by atomic mass is 10.3. The van der Waals surface area contributed by atoms with Gasteiger partial charge in [-0.2, -0.15) is 4.80 Å². The summed E-state index contributed by atoms with van der Waals surface area (Å²) in [4.78, 5) is 3.62. The highest BCUT2D eigenvalue weighted by molar-refractivity contribution is 5.75. The van der Waals surface area contributed by atoms with E-state index in [9.17, 15) is 4.39 Å². The summed E-state index contributed by atoms with van der Waals surface area (Å²) in [7, 11) is 3.99. The van der Waals surface area contributed by atoms with Crippen molar-refractivity contribution in [2.75, 3.05) is 32.3 Å². The summed E-state index contributed by atoms with van der Waals surface area (Å²) >= 11 is 0. The minimum atomic E-state index is -0.511. The molecular formula is C16H17FN4O. The number of benzene rings is 2. The minimum Gasteiger partial charge on any atom is -0.491 e. The summed E-state index contributed by atoms with van der Waals surface area (Å²) in [5.41, 5.74) is 3.48. The van der Waals surface area contributed by atoms with Gasteiger partial charge in [-0.05, 0) is 36.4 Å². The lowest BCUT2D eigenvalue weighted by Gasteiger charge is -2.12. The summed E-state index contributed by atoms with van der Waals surface area (Å²) in [5, 5.41) is 8.89. The molecule has 0 bridgehead atoms. The quantitative estimate of drug-likeness (QED) is 0.726. The van der Waals surface area contributed by atoms with Crippen molar-refractivity contribution >= 4 is 16.7 Å². The van der Waals surface area contributed by atoms with Gasteiger partial charge in [0.2, 0.25) is 0 Å². The van der Waals surface area contributed by atoms with Gasteiger partial charge in [0.05, 0.1) is 5.69 Å². The molecule has 0 saturated heterocycles. The summed E-state index contributed by atoms with van der Waals surface area (Å²) in [5.74, 6) is 0.597. The lowest BCUT2D eigenvalue weighted by molar-refractivity contribution is 0.273. The second kappa shape index (κ2) is 6.01. The summed E-state index contributed by atoms with van der Waals surface area (Å²) in [6.45, 7) is -0.464. The molecule has 1 aromatic heterocycles. The first-order chi connectivity index (χ1) is 10.7. The van der Waals surface area contributed by atoms with E-state index in [2.05, 4.69) is 10.2 Å². The normalized spacial score (nSPS) is 10.9. The highest BCUT2D eigenvalue weighted by Gasteiger charge is 2.06. The molecule has 3 aromatic rings. The van der Waals surface area contributed by atoms with Gasteiger partial charge in [-0.15, -0.1) is 10.2 Å². The van der Waals surface area contributed by atoms with Crippen LogP contribution in [0.1, 0.15) is 0 Å². The molecule has 0 amide bonds. The molecule has 0 atom stereocenters. The summed E-state index contributed by atoms with van der Waals surface area (Å²) in [6.07, 6.45) is 0. The zero-order valence-corrected chi connectivity index (χ0v) is 12.5. The average molecular weight is 299 g/mol. The third-order valence-electron chi connectivity index (χ3n) is 3.29. The third-order valence-corrected chi connectivity index (χ3v) is 3.29. The molecule has 0 fully saturated rings. The fraction of sp³-hybridized carbons (Fsp3) is 0.250. The Morgan fingerprint density at radius 2 is 1.77 bits per heavy atom. The van der Waals surface area contributed by atoms with Gasteiger partial charge in [-0.1, -0.05) is 0 Å². The molecule has 0 N–H and O–H groups in total. The molecule has 1 heterocycles. The topological polar surface area (TPSA) is 43.2 Å². The number of halogens is 1. The van der Waals surface area contributed by atoms with Crippen molar-refractivity contribution in [3.05, 3.63) is 42.5 Å². The Hall–Kier alpha value is -2.63. The minimum absolute atomic E-state index is 0.0473. The van der Waals surface area contributed by atoms with E-state index in [1.807, 2.05) is 49.3 Å². The smallest absolute Gasteiger partial charge is 0.123 e. The molecule has 2 aromatic carbocycles. The maximum atomic E-state index is 12.1. The predicted octanol–water partition coefficient (Wildman–Crippen LogP) is 2.83. The van der Waals surface area contributed by atoms with Gasteiger partial charge in [-0.25, -0.2) is 4.39 Å². The van der Waals surface area contributed by atoms with Crippen molar-refractivity contribution < 1.29 is 9.13 Å². The van der Waals surface area contributed by atoms with Gasteiger partial charge >= 0.3 is 0 Å². The Balaban J connectivity index is 1.90. The van der Waals surface area contributed by atoms with Crippen molar-refractivity contribution in [3.63, 3.8) is 0 Å². The second-order valence-corrected chi connectivity index (χ2v) is 5.09. The number of nitrogens with zero attached hydrogens (tertiary/aromatic N) is 4. The number of hydrogen-bond donors (Lipinski definition) is 0. The van der Waals surface area contributed by atoms with E-state index >= 15 is 0 Å². The molecule has 3 rings (SSSR count). The molecule has 0 aliphatic carbocycles. The standard InChI is InChI=1S/C16H17FN4O/c1-20(2)12-3-5-13(6-4-12)21-18-15-8-7-14(22-10-9-17)11-16(15)19-21/h3-8,11H,9-10H2,1-2H3/i17-1. The van der Waals surface area contributed by atoms with E-state index < -0.39 is 6.67 Å². The Bertz CT molecular complexity index is 767. The number of alkyl halides is 1. The van der Waals surface area contributed by atoms with Crippen LogP contribution >= 0.6 is 0 Å². The molecule has 0 saturated carbocycles. The Morgan fingerprint density at radius 1 is 1.05 bits per heavy atom. The fourth-order valence-corrected chi connectivity index (χ4v) is 2.14. The number of anilines is 1. The highest BCUT2D eigenvalue weighted by atomic mass is 18.2. The van der Waals surface area contributed by atoms with Crippen LogP contribution in [0, 0.1) is 0 Å². The molecule has 0 unspecified atom stereocenters. The number of ether oxygens (including phenoxy) is 1. The van der Waals surface area contributed by atoms with Crippen LogP contribution in [0.3, 0.4) is 0 Å². The molecule has 6 heteroatoms. The van der Waals surface area contributed by atoms with Gasteiger partial charge in [0.25, 0.3) is 0 Å². The van der Waals surface area contributed by atoms with Crippen LogP contribution in [-0.4, -0.2) is 42.4 Å². The number of aromatic nitrogens is 3. The van der Waals surface area contributed by atoms with E-state index in [0.29, 0.717) is 11.3 Å². The molecule has 22 heavy (non-hydrogen) atoms. The Kier molecular flexibility index (Phi) is 3.91. The molecular weight excluding hydrogens is 282 g/mol. The third kappa shape index (κ3) is 2.86. The Labute approximate surface area is 127 Å². The van der Waals surface area contributed by atoms with Crippen molar-refractivity contribution in [3.8, 4) is 11.4 Å². The first kappa shape index (κ1) is 14.3. The molecule has 114 valence electrons. The zero-order valence-electron chi connectivity index (χ0n) is 12.5. The van der Waals surface area contributed by atoms with Gasteiger partial charge in [-0.3, -0.25) is 0 Å². The maximum absolute atomic E-state index is 12.1. The predicted molar refractivity (Wildman–Crippen MR) is 84.7 cm³/mol. The van der Waals surface area contributed by atoms with Crippen molar-refractivity contribution in [1.29, 1.82) is 0 Å². The monoisotopic (exact) mass is 299 g/mol. The van der Waals surface area contributed by atoms with Crippen LogP contribution in [0.15, 0.2) is 42.5 Å². The van der Waals surface area contributed by atoms with Gasteiger partial charge in [0, 0.05) is 25.8 Å². The van der Waals surface area contributed by atoms with Gasteiger partial charge < -0.3 is 9.64 Å². The SMILES string of the molecule is CN(C)c1ccc(-n2nc3ccc(OCC[18F])cc3n2)cc1. The lowest BCUT2D eigenvalue weighted by Crippen LogP contribution is -2.08. The van der Waals surface area contributed by atoms with E-state index in [0.717, 1.165) is 16.9 Å². The van der Waals surface area contributed by atoms with Crippen molar-refractivity contribution in [1.82, 2.24) is 15.0 Å². The van der Waals surface area contributed by atoms with Gasteiger partial charge in [0.15, 0.2) is 0 Å². The molecule has 0 radical (unpaired) electrons. The largest absolute Gasteiger partial charge is 0.491 e. The van der Waals surface area contributed by atoms with Crippen molar-refractivity contribution in [2.45, 2.75) is 0 Å². The highest BCUT2D eigenvalue weighted by Crippen LogP contribution is 2.20. The number of hydrogen-bond acceptors (Lipinski definition) is 4. The maximum Gasteiger partial charge on any atom is 0.123 e. The number of rotatable bonds is 5. The second-order valence-electron chi connectivity index (χ2n) is 5.09. The van der Waals surface area contributed by atoms with E-state index in [1.165, 1.54) is 0 Å². The molecule has 0 spiro atoms.